The summed E-state index contributed by atoms with van der Waals surface area (Å²) < 4.78 is 1.18. The number of halogens is 1. The topological polar surface area (TPSA) is 89.9 Å². The molecule has 2 rings (SSSR count). The van der Waals surface area contributed by atoms with Gasteiger partial charge >= 0.3 is 5.69 Å². The van der Waals surface area contributed by atoms with Gasteiger partial charge in [-0.15, -0.1) is 6.58 Å². The SMILES string of the molecule is C=CCN(N)c1ncn(-c2cc(Cl)ccn2)c(=O)n1. The molecule has 7 nitrogen and oxygen atoms in total. The van der Waals surface area contributed by atoms with E-state index in [-0.39, 0.29) is 5.95 Å². The summed E-state index contributed by atoms with van der Waals surface area (Å²) in [4.78, 5) is 23.7. The molecule has 0 spiro atoms. The van der Waals surface area contributed by atoms with E-state index in [1.807, 2.05) is 0 Å². The zero-order valence-corrected chi connectivity index (χ0v) is 10.7. The van der Waals surface area contributed by atoms with Crippen LogP contribution in [0.25, 0.3) is 5.82 Å². The molecule has 0 saturated carbocycles. The smallest absolute Gasteiger partial charge is 0.275 e. The Bertz CT molecular complexity index is 656. The fourth-order valence-electron chi connectivity index (χ4n) is 1.37. The number of pyridine rings is 1. The van der Waals surface area contributed by atoms with E-state index in [4.69, 9.17) is 17.4 Å². The summed E-state index contributed by atoms with van der Waals surface area (Å²) in [7, 11) is 0. The Morgan fingerprint density at radius 1 is 1.53 bits per heavy atom. The molecule has 0 unspecified atom stereocenters. The molecule has 2 heterocycles. The second kappa shape index (κ2) is 5.59. The quantitative estimate of drug-likeness (QED) is 0.499. The van der Waals surface area contributed by atoms with Crippen LogP contribution in [0.3, 0.4) is 0 Å². The van der Waals surface area contributed by atoms with Crippen molar-refractivity contribution in [3.8, 4) is 5.82 Å². The van der Waals surface area contributed by atoms with Gasteiger partial charge < -0.3 is 0 Å². The molecule has 0 aliphatic rings. The van der Waals surface area contributed by atoms with Crippen LogP contribution in [0.1, 0.15) is 0 Å². The lowest BCUT2D eigenvalue weighted by Crippen LogP contribution is -2.35. The minimum Gasteiger partial charge on any atom is -0.275 e. The third kappa shape index (κ3) is 2.95. The third-order valence-corrected chi connectivity index (χ3v) is 2.46. The van der Waals surface area contributed by atoms with Gasteiger partial charge in [0.05, 0.1) is 6.54 Å². The van der Waals surface area contributed by atoms with Crippen LogP contribution >= 0.6 is 11.6 Å². The highest BCUT2D eigenvalue weighted by Crippen LogP contribution is 2.10. The molecule has 8 heteroatoms. The van der Waals surface area contributed by atoms with Crippen molar-refractivity contribution in [2.45, 2.75) is 0 Å². The largest absolute Gasteiger partial charge is 0.357 e. The Labute approximate surface area is 114 Å². The molecule has 0 atom stereocenters. The second-order valence-electron chi connectivity index (χ2n) is 3.58. The van der Waals surface area contributed by atoms with Crippen LogP contribution in [0.2, 0.25) is 5.02 Å². The molecule has 0 aliphatic carbocycles. The molecule has 0 amide bonds. The van der Waals surface area contributed by atoms with Gasteiger partial charge in [-0.1, -0.05) is 17.7 Å². The lowest BCUT2D eigenvalue weighted by atomic mass is 10.4. The first-order valence-electron chi connectivity index (χ1n) is 5.32. The van der Waals surface area contributed by atoms with Gasteiger partial charge in [0.2, 0.25) is 5.95 Å². The predicted octanol–water partition coefficient (Wildman–Crippen LogP) is 0.542. The molecule has 2 aromatic rings. The Morgan fingerprint density at radius 2 is 2.32 bits per heavy atom. The van der Waals surface area contributed by atoms with Gasteiger partial charge in [0, 0.05) is 17.3 Å². The van der Waals surface area contributed by atoms with Crippen molar-refractivity contribution in [2.75, 3.05) is 11.6 Å². The Balaban J connectivity index is 2.40. The third-order valence-electron chi connectivity index (χ3n) is 2.23. The summed E-state index contributed by atoms with van der Waals surface area (Å²) in [6.45, 7) is 3.87. The van der Waals surface area contributed by atoms with Crippen LogP contribution in [0.4, 0.5) is 5.95 Å². The van der Waals surface area contributed by atoms with Crippen LogP contribution in [-0.4, -0.2) is 26.1 Å². The number of anilines is 1. The first-order valence-corrected chi connectivity index (χ1v) is 5.70. The lowest BCUT2D eigenvalue weighted by molar-refractivity contribution is 0.788. The molecular formula is C11H11ClN6O. The standard InChI is InChI=1S/C11H11ClN6O/c1-2-5-18(13)10-15-7-17(11(19)16-10)9-6-8(12)3-4-14-9/h2-4,6-7H,1,5,13H2. The van der Waals surface area contributed by atoms with Gasteiger partial charge in [0.15, 0.2) is 0 Å². The zero-order chi connectivity index (χ0) is 13.8. The van der Waals surface area contributed by atoms with Gasteiger partial charge in [-0.3, -0.25) is 5.01 Å². The van der Waals surface area contributed by atoms with Crippen molar-refractivity contribution in [1.82, 2.24) is 19.5 Å². The van der Waals surface area contributed by atoms with Crippen molar-refractivity contribution in [1.29, 1.82) is 0 Å². The van der Waals surface area contributed by atoms with Crippen LogP contribution < -0.4 is 16.5 Å². The average Bonchev–Trinajstić information content (AvgIpc) is 2.38. The number of nitrogens with zero attached hydrogens (tertiary/aromatic N) is 5. The molecule has 19 heavy (non-hydrogen) atoms. The fraction of sp³-hybridized carbons (Fsp3) is 0.0909. The van der Waals surface area contributed by atoms with Crippen molar-refractivity contribution in [3.63, 3.8) is 0 Å². The number of hydrogen-bond acceptors (Lipinski definition) is 6. The van der Waals surface area contributed by atoms with E-state index in [2.05, 4.69) is 21.5 Å². The second-order valence-corrected chi connectivity index (χ2v) is 4.02. The maximum Gasteiger partial charge on any atom is 0.357 e. The average molecular weight is 279 g/mol. The molecule has 0 saturated heterocycles. The molecule has 0 radical (unpaired) electrons. The summed E-state index contributed by atoms with van der Waals surface area (Å²) in [6.07, 6.45) is 4.37. The molecule has 98 valence electrons. The molecule has 0 fully saturated rings. The van der Waals surface area contributed by atoms with Gasteiger partial charge in [0.25, 0.3) is 0 Å². The van der Waals surface area contributed by atoms with Crippen LogP contribution in [0, 0.1) is 0 Å². The van der Waals surface area contributed by atoms with Gasteiger partial charge in [0.1, 0.15) is 12.1 Å². The molecule has 0 aliphatic heterocycles. The van der Waals surface area contributed by atoms with Crippen LogP contribution in [0.15, 0.2) is 42.1 Å². The predicted molar refractivity (Wildman–Crippen MR) is 72.2 cm³/mol. The summed E-state index contributed by atoms with van der Waals surface area (Å²) in [5.74, 6) is 6.10. The maximum absolute atomic E-state index is 11.9. The van der Waals surface area contributed by atoms with Gasteiger partial charge in [-0.05, 0) is 6.07 Å². The number of hydrazine groups is 1. The van der Waals surface area contributed by atoms with E-state index < -0.39 is 5.69 Å². The van der Waals surface area contributed by atoms with Gasteiger partial charge in [-0.25, -0.2) is 25.2 Å². The van der Waals surface area contributed by atoms with Crippen molar-refractivity contribution < 1.29 is 0 Å². The highest BCUT2D eigenvalue weighted by molar-refractivity contribution is 6.30. The number of nitrogens with two attached hydrogens (primary N) is 1. The van der Waals surface area contributed by atoms with Crippen LogP contribution in [0.5, 0.6) is 0 Å². The molecule has 0 bridgehead atoms. The van der Waals surface area contributed by atoms with E-state index in [1.54, 1.807) is 12.1 Å². The zero-order valence-electron chi connectivity index (χ0n) is 9.90. The summed E-state index contributed by atoms with van der Waals surface area (Å²) in [5.41, 5.74) is -0.542. The number of aromatic nitrogens is 4. The molecule has 0 aromatic carbocycles. The van der Waals surface area contributed by atoms with E-state index in [0.717, 1.165) is 0 Å². The highest BCUT2D eigenvalue weighted by Gasteiger charge is 2.08. The van der Waals surface area contributed by atoms with E-state index in [9.17, 15) is 4.79 Å². The normalized spacial score (nSPS) is 10.2. The Morgan fingerprint density at radius 3 is 2.95 bits per heavy atom. The summed E-state index contributed by atoms with van der Waals surface area (Å²) >= 11 is 5.83. The first kappa shape index (κ1) is 13.2. The maximum atomic E-state index is 11.9. The Kier molecular flexibility index (Phi) is 3.88. The van der Waals surface area contributed by atoms with Crippen molar-refractivity contribution >= 4 is 17.5 Å². The van der Waals surface area contributed by atoms with Crippen molar-refractivity contribution in [3.05, 3.63) is 52.8 Å². The highest BCUT2D eigenvalue weighted by atomic mass is 35.5. The van der Waals surface area contributed by atoms with Crippen LogP contribution in [-0.2, 0) is 0 Å². The minimum atomic E-state index is -0.542. The summed E-state index contributed by atoms with van der Waals surface area (Å²) in [6, 6.07) is 3.15. The lowest BCUT2D eigenvalue weighted by Gasteiger charge is -2.13. The van der Waals surface area contributed by atoms with E-state index in [1.165, 1.54) is 28.2 Å². The summed E-state index contributed by atoms with van der Waals surface area (Å²) in [5, 5.41) is 1.68. The monoisotopic (exact) mass is 278 g/mol. The number of rotatable bonds is 4. The molecule has 2 N–H and O–H groups in total. The fourth-order valence-corrected chi connectivity index (χ4v) is 1.52. The Hall–Kier alpha value is -2.25. The van der Waals surface area contributed by atoms with E-state index >= 15 is 0 Å². The molecular weight excluding hydrogens is 268 g/mol. The number of hydrogen-bond donors (Lipinski definition) is 1. The first-order chi connectivity index (χ1) is 9.11. The van der Waals surface area contributed by atoms with Crippen molar-refractivity contribution in [2.24, 2.45) is 5.84 Å². The minimum absolute atomic E-state index is 0.114. The van der Waals surface area contributed by atoms with Gasteiger partial charge in [-0.2, -0.15) is 4.98 Å². The molecule has 2 aromatic heterocycles. The van der Waals surface area contributed by atoms with E-state index in [0.29, 0.717) is 17.4 Å².